The Balaban J connectivity index is 1.53. The molecule has 1 N–H and O–H groups in total. The third kappa shape index (κ3) is 3.44. The van der Waals surface area contributed by atoms with Gasteiger partial charge in [-0.1, -0.05) is 43.9 Å². The van der Waals surface area contributed by atoms with Crippen LogP contribution < -0.4 is 5.32 Å². The van der Waals surface area contributed by atoms with Gasteiger partial charge in [-0.3, -0.25) is 0 Å². The van der Waals surface area contributed by atoms with Gasteiger partial charge in [0.25, 0.3) is 0 Å². The van der Waals surface area contributed by atoms with Crippen molar-refractivity contribution in [1.82, 2.24) is 5.32 Å². The van der Waals surface area contributed by atoms with Gasteiger partial charge in [0.1, 0.15) is 0 Å². The number of fused-ring (bicyclic) bond motifs is 1. The van der Waals surface area contributed by atoms with Crippen LogP contribution in [0.1, 0.15) is 68.6 Å². The molecule has 1 fully saturated rings. The number of nitrogens with one attached hydrogen (secondary N) is 1. The summed E-state index contributed by atoms with van der Waals surface area (Å²) in [4.78, 5) is 0. The van der Waals surface area contributed by atoms with Crippen molar-refractivity contribution in [3.05, 3.63) is 34.9 Å². The third-order valence-electron chi connectivity index (χ3n) is 5.40. The Morgan fingerprint density at radius 1 is 1.00 bits per heavy atom. The van der Waals surface area contributed by atoms with Crippen LogP contribution in [0.5, 0.6) is 0 Å². The smallest absolute Gasteiger partial charge is 0.0208 e. The molecule has 0 aromatic heterocycles. The van der Waals surface area contributed by atoms with Crippen LogP contribution in [-0.4, -0.2) is 6.04 Å². The maximum atomic E-state index is 3.79. The SMILES string of the molecule is C[C@H](NCc1ccc2c(c1)CCC2)C1CCCCCC1. The average molecular weight is 271 g/mol. The first-order chi connectivity index (χ1) is 9.83. The van der Waals surface area contributed by atoms with Gasteiger partial charge in [-0.15, -0.1) is 0 Å². The van der Waals surface area contributed by atoms with Crippen molar-refractivity contribution >= 4 is 0 Å². The van der Waals surface area contributed by atoms with Crippen LogP contribution in [0.15, 0.2) is 18.2 Å². The summed E-state index contributed by atoms with van der Waals surface area (Å²) < 4.78 is 0. The highest BCUT2D eigenvalue weighted by atomic mass is 14.9. The van der Waals surface area contributed by atoms with Gasteiger partial charge in [-0.2, -0.15) is 0 Å². The molecule has 0 saturated heterocycles. The maximum absolute atomic E-state index is 3.79. The van der Waals surface area contributed by atoms with E-state index >= 15 is 0 Å². The molecule has 0 aliphatic heterocycles. The molecular weight excluding hydrogens is 242 g/mol. The molecule has 0 bridgehead atoms. The molecule has 1 saturated carbocycles. The molecule has 2 aliphatic rings. The third-order valence-corrected chi connectivity index (χ3v) is 5.40. The van der Waals surface area contributed by atoms with Crippen molar-refractivity contribution in [3.8, 4) is 0 Å². The molecule has 0 amide bonds. The van der Waals surface area contributed by atoms with Gasteiger partial charge in [0.05, 0.1) is 0 Å². The van der Waals surface area contributed by atoms with Gasteiger partial charge in [-0.05, 0) is 61.6 Å². The first-order valence-electron chi connectivity index (χ1n) is 8.67. The Kier molecular flexibility index (Phi) is 4.77. The molecule has 0 unspecified atom stereocenters. The molecule has 110 valence electrons. The van der Waals surface area contributed by atoms with Gasteiger partial charge >= 0.3 is 0 Å². The highest BCUT2D eigenvalue weighted by Crippen LogP contribution is 2.26. The van der Waals surface area contributed by atoms with Gasteiger partial charge in [0.15, 0.2) is 0 Å². The molecule has 0 heterocycles. The predicted octanol–water partition coefficient (Wildman–Crippen LogP) is 4.62. The van der Waals surface area contributed by atoms with E-state index in [-0.39, 0.29) is 0 Å². The Morgan fingerprint density at radius 2 is 1.75 bits per heavy atom. The van der Waals surface area contributed by atoms with E-state index in [1.54, 1.807) is 11.1 Å². The zero-order valence-electron chi connectivity index (χ0n) is 13.0. The van der Waals surface area contributed by atoms with Crippen LogP contribution in [0.4, 0.5) is 0 Å². The van der Waals surface area contributed by atoms with E-state index in [1.165, 1.54) is 63.4 Å². The molecule has 1 nitrogen and oxygen atoms in total. The van der Waals surface area contributed by atoms with E-state index in [0.717, 1.165) is 12.5 Å². The lowest BCUT2D eigenvalue weighted by Gasteiger charge is -2.24. The number of rotatable bonds is 4. The molecule has 0 spiro atoms. The van der Waals surface area contributed by atoms with E-state index in [0.29, 0.717) is 6.04 Å². The van der Waals surface area contributed by atoms with Crippen LogP contribution in [0.3, 0.4) is 0 Å². The summed E-state index contributed by atoms with van der Waals surface area (Å²) in [5.74, 6) is 0.895. The molecule has 1 aromatic carbocycles. The fourth-order valence-electron chi connectivity index (χ4n) is 3.99. The Morgan fingerprint density at radius 3 is 2.55 bits per heavy atom. The van der Waals surface area contributed by atoms with E-state index in [4.69, 9.17) is 0 Å². The zero-order valence-corrected chi connectivity index (χ0v) is 13.0. The first kappa shape index (κ1) is 14.1. The van der Waals surface area contributed by atoms with Gasteiger partial charge in [0.2, 0.25) is 0 Å². The summed E-state index contributed by atoms with van der Waals surface area (Å²) in [5, 5.41) is 3.79. The summed E-state index contributed by atoms with van der Waals surface area (Å²) in [6.07, 6.45) is 12.6. The first-order valence-corrected chi connectivity index (χ1v) is 8.67. The van der Waals surface area contributed by atoms with Crippen molar-refractivity contribution in [2.75, 3.05) is 0 Å². The maximum Gasteiger partial charge on any atom is 0.0208 e. The minimum Gasteiger partial charge on any atom is -0.310 e. The van der Waals surface area contributed by atoms with Crippen LogP contribution in [0.2, 0.25) is 0 Å². The summed E-state index contributed by atoms with van der Waals surface area (Å²) in [5.41, 5.74) is 4.67. The predicted molar refractivity (Wildman–Crippen MR) is 86.0 cm³/mol. The van der Waals surface area contributed by atoms with E-state index in [2.05, 4.69) is 30.4 Å². The lowest BCUT2D eigenvalue weighted by atomic mass is 9.93. The van der Waals surface area contributed by atoms with Gasteiger partial charge in [0, 0.05) is 12.6 Å². The lowest BCUT2D eigenvalue weighted by molar-refractivity contribution is 0.336. The Bertz CT molecular complexity index is 429. The topological polar surface area (TPSA) is 12.0 Å². The standard InChI is InChI=1S/C19H29N/c1-15(17-7-4-2-3-5-8-17)20-14-16-11-12-18-9-6-10-19(18)13-16/h11-13,15,17,20H,2-10,14H2,1H3/t15-/m0/s1. The van der Waals surface area contributed by atoms with Crippen molar-refractivity contribution < 1.29 is 0 Å². The van der Waals surface area contributed by atoms with Crippen LogP contribution in [0.25, 0.3) is 0 Å². The normalized spacial score (nSPS) is 21.4. The summed E-state index contributed by atoms with van der Waals surface area (Å²) in [7, 11) is 0. The highest BCUT2D eigenvalue weighted by molar-refractivity contribution is 5.35. The van der Waals surface area contributed by atoms with Crippen LogP contribution in [-0.2, 0) is 19.4 Å². The molecule has 0 radical (unpaired) electrons. The van der Waals surface area contributed by atoms with Crippen molar-refractivity contribution in [2.24, 2.45) is 5.92 Å². The number of hydrogen-bond donors (Lipinski definition) is 1. The Hall–Kier alpha value is -0.820. The van der Waals surface area contributed by atoms with E-state index in [9.17, 15) is 0 Å². The number of aryl methyl sites for hydroxylation is 2. The molecule has 20 heavy (non-hydrogen) atoms. The quantitative estimate of drug-likeness (QED) is 0.788. The van der Waals surface area contributed by atoms with E-state index < -0.39 is 0 Å². The van der Waals surface area contributed by atoms with Gasteiger partial charge < -0.3 is 5.32 Å². The minimum atomic E-state index is 0.668. The molecule has 1 aromatic rings. The summed E-state index contributed by atoms with van der Waals surface area (Å²) in [6.45, 7) is 3.44. The molecule has 3 rings (SSSR count). The average Bonchev–Trinajstić information content (AvgIpc) is 2.76. The Labute approximate surface area is 124 Å². The zero-order chi connectivity index (χ0) is 13.8. The van der Waals surface area contributed by atoms with Crippen LogP contribution >= 0.6 is 0 Å². The molecule has 2 aliphatic carbocycles. The molecular formula is C19H29N. The number of hydrogen-bond acceptors (Lipinski definition) is 1. The van der Waals surface area contributed by atoms with E-state index in [1.807, 2.05) is 0 Å². The molecule has 1 heteroatoms. The fraction of sp³-hybridized carbons (Fsp3) is 0.684. The summed E-state index contributed by atoms with van der Waals surface area (Å²) >= 11 is 0. The molecule has 1 atom stereocenters. The van der Waals surface area contributed by atoms with Crippen molar-refractivity contribution in [2.45, 2.75) is 77.3 Å². The monoisotopic (exact) mass is 271 g/mol. The van der Waals surface area contributed by atoms with Crippen molar-refractivity contribution in [1.29, 1.82) is 0 Å². The highest BCUT2D eigenvalue weighted by Gasteiger charge is 2.18. The second-order valence-electron chi connectivity index (χ2n) is 6.88. The lowest BCUT2D eigenvalue weighted by Crippen LogP contribution is -2.32. The fourth-order valence-corrected chi connectivity index (χ4v) is 3.99. The number of benzene rings is 1. The largest absolute Gasteiger partial charge is 0.310 e. The minimum absolute atomic E-state index is 0.668. The second kappa shape index (κ2) is 6.76. The van der Waals surface area contributed by atoms with Crippen LogP contribution in [0, 0.1) is 5.92 Å². The summed E-state index contributed by atoms with van der Waals surface area (Å²) in [6, 6.07) is 7.79. The van der Waals surface area contributed by atoms with Crippen molar-refractivity contribution in [3.63, 3.8) is 0 Å². The second-order valence-corrected chi connectivity index (χ2v) is 6.88. The van der Waals surface area contributed by atoms with Gasteiger partial charge in [-0.25, -0.2) is 0 Å².